The van der Waals surface area contributed by atoms with Crippen LogP contribution in [0.15, 0.2) is 60.7 Å². The SMILES string of the molecule is [B]c1c([B])c([B])c2c(c1[B])c1c([B])c(-c3c([B])c([B])c4c(c3[B])c3c([B])c([B])c([B])c([B])c3n4-c3c([B])c([B])c4c5c([B])c([B])c([B])c([B])c5n(-c5ccccc5)c4c3[B])c([B])c([B])c1n2-c1ccccc1. The molecule has 0 saturated heterocycles. The van der Waals surface area contributed by atoms with Gasteiger partial charge in [-0.2, -0.15) is 0 Å². The summed E-state index contributed by atoms with van der Waals surface area (Å²) in [4.78, 5) is 0. The highest BCUT2D eigenvalue weighted by molar-refractivity contribution is 6.74. The molecule has 0 aliphatic carbocycles. The maximum atomic E-state index is 7.45. The number of para-hydroxylation sites is 2. The van der Waals surface area contributed by atoms with E-state index in [4.69, 9.17) is 165 Å². The number of benzene rings is 8. The molecule has 0 amide bonds. The summed E-state index contributed by atoms with van der Waals surface area (Å²) in [6, 6.07) is 18.3. The number of aromatic nitrogens is 3. The first-order valence-corrected chi connectivity index (χ1v) is 21.9. The Bertz CT molecular complexity index is 4330. The zero-order valence-electron chi connectivity index (χ0n) is 38.2. The highest BCUT2D eigenvalue weighted by Gasteiger charge is 2.31. The minimum Gasteiger partial charge on any atom is -0.312 e. The van der Waals surface area contributed by atoms with Crippen molar-refractivity contribution in [1.82, 2.24) is 13.7 Å². The predicted octanol–water partition coefficient (Wildman–Crippen LogP) is -12.7. The molecular weight excluding hydrogens is 846 g/mol. The minimum absolute atomic E-state index is 0.00606. The van der Waals surface area contributed by atoms with Gasteiger partial charge < -0.3 is 13.7 Å². The van der Waals surface area contributed by atoms with Gasteiger partial charge in [-0.25, -0.2) is 0 Å². The first-order valence-electron chi connectivity index (χ1n) is 21.9. The average molecular weight is 856 g/mol. The van der Waals surface area contributed by atoms with Crippen LogP contribution < -0.4 is 115 Å². The van der Waals surface area contributed by atoms with Crippen LogP contribution in [0, 0.1) is 0 Å². The van der Waals surface area contributed by atoms with Crippen molar-refractivity contribution < 1.29 is 0 Å². The molecule has 42 radical (unpaired) electrons. The Morgan fingerprint density at radius 1 is 0.194 bits per heavy atom. The molecule has 3 nitrogen and oxygen atoms in total. The van der Waals surface area contributed by atoms with E-state index in [9.17, 15) is 0 Å². The Balaban J connectivity index is 1.35. The fourth-order valence-electron chi connectivity index (χ4n) is 10.7. The molecule has 0 N–H and O–H groups in total. The number of hydrogen-bond donors (Lipinski definition) is 0. The van der Waals surface area contributed by atoms with Crippen LogP contribution in [-0.2, 0) is 0 Å². The zero-order chi connectivity index (χ0) is 51.7. The molecule has 0 spiro atoms. The van der Waals surface area contributed by atoms with E-state index in [2.05, 4.69) is 0 Å². The van der Waals surface area contributed by atoms with E-state index in [1.807, 2.05) is 60.7 Å². The molecule has 0 fully saturated rings. The maximum Gasteiger partial charge on any atom is 0.119 e. The lowest BCUT2D eigenvalue weighted by atomic mass is 9.61. The molecule has 8 aromatic carbocycles. The van der Waals surface area contributed by atoms with E-state index in [0.717, 1.165) is 0 Å². The van der Waals surface area contributed by atoms with Crippen molar-refractivity contribution >= 4 is 345 Å². The largest absolute Gasteiger partial charge is 0.312 e. The monoisotopic (exact) mass is 859 g/mol. The van der Waals surface area contributed by atoms with Gasteiger partial charge in [-0.15, -0.1) is 32.8 Å². The fourth-order valence-corrected chi connectivity index (χ4v) is 10.7. The van der Waals surface area contributed by atoms with Gasteiger partial charge in [0.15, 0.2) is 0 Å². The van der Waals surface area contributed by atoms with E-state index in [1.165, 1.54) is 4.57 Å². The standard InChI is InChI=1S/C48H10B21N3/c49-21-13(23(51)35(63)42-15(21)17-25(53)29(57)32(60)38(66)43(17)70(42)11-7-3-1-4-8-11)14-22(50)16-18-26(54)30(58)34(62)40(68)46(18)72(45(16)36(64)24(14)52)48-37(65)28(56)20-19-27(55)31(59)33(61)39(67)44(19)71(47(20)41(48)69)12-9-5-2-6-10-12/h1-10H. The smallest absolute Gasteiger partial charge is 0.119 e. The number of fused-ring (bicyclic) bond motifs is 9. The molecule has 0 bridgehead atoms. The van der Waals surface area contributed by atoms with E-state index < -0.39 is 0 Å². The second-order valence-corrected chi connectivity index (χ2v) is 17.8. The molecule has 24 heteroatoms. The molecule has 3 heterocycles. The highest BCUT2D eigenvalue weighted by Crippen LogP contribution is 2.34. The Morgan fingerprint density at radius 3 is 0.750 bits per heavy atom. The second-order valence-electron chi connectivity index (χ2n) is 17.8. The van der Waals surface area contributed by atoms with Gasteiger partial charge in [0.05, 0.1) is 0 Å². The highest BCUT2D eigenvalue weighted by atomic mass is 15.0. The summed E-state index contributed by atoms with van der Waals surface area (Å²) >= 11 is 0. The Hall–Kier alpha value is -5.48. The molecule has 0 saturated carbocycles. The molecule has 11 aromatic rings. The Kier molecular flexibility index (Phi) is 11.4. The van der Waals surface area contributed by atoms with E-state index in [0.29, 0.717) is 55.0 Å². The summed E-state index contributed by atoms with van der Waals surface area (Å²) in [5.41, 5.74) is 2.87. The third-order valence-corrected chi connectivity index (χ3v) is 14.2. The lowest BCUT2D eigenvalue weighted by molar-refractivity contribution is 1.18. The van der Waals surface area contributed by atoms with Crippen LogP contribution in [0.5, 0.6) is 0 Å². The van der Waals surface area contributed by atoms with Crippen molar-refractivity contribution in [3.63, 3.8) is 0 Å². The second kappa shape index (κ2) is 16.8. The first-order chi connectivity index (χ1) is 34.1. The molecule has 11 rings (SSSR count). The average Bonchev–Trinajstić information content (AvgIpc) is 4.05. The van der Waals surface area contributed by atoms with Gasteiger partial charge in [-0.1, -0.05) is 113 Å². The number of nitrogens with zero attached hydrogens (tertiary/aromatic N) is 3. The summed E-state index contributed by atoms with van der Waals surface area (Å²) < 4.78 is 5.05. The van der Waals surface area contributed by atoms with Crippen LogP contribution in [0.4, 0.5) is 0 Å². The van der Waals surface area contributed by atoms with Gasteiger partial charge in [0.2, 0.25) is 0 Å². The van der Waals surface area contributed by atoms with Crippen molar-refractivity contribution in [2.45, 2.75) is 0 Å². The van der Waals surface area contributed by atoms with Crippen molar-refractivity contribution in [3.05, 3.63) is 60.7 Å². The van der Waals surface area contributed by atoms with Gasteiger partial charge in [0.25, 0.3) is 0 Å². The van der Waals surface area contributed by atoms with Crippen LogP contribution in [0.1, 0.15) is 0 Å². The number of hydrogen-bond acceptors (Lipinski definition) is 0. The topological polar surface area (TPSA) is 14.8 Å². The molecular formula is C48H10B21N3. The fraction of sp³-hybridized carbons (Fsp3) is 0. The van der Waals surface area contributed by atoms with Gasteiger partial charge >= 0.3 is 0 Å². The van der Waals surface area contributed by atoms with Crippen LogP contribution in [0.2, 0.25) is 0 Å². The Morgan fingerprint density at radius 2 is 0.431 bits per heavy atom. The molecule has 280 valence electrons. The van der Waals surface area contributed by atoms with Crippen LogP contribution in [-0.4, -0.2) is 178 Å². The summed E-state index contributed by atoms with van der Waals surface area (Å²) in [6.45, 7) is 0. The molecule has 0 atom stereocenters. The first kappa shape index (κ1) is 48.8. The quantitative estimate of drug-likeness (QED) is 0.157. The lowest BCUT2D eigenvalue weighted by Gasteiger charge is -2.26. The van der Waals surface area contributed by atoms with E-state index >= 15 is 0 Å². The third-order valence-electron chi connectivity index (χ3n) is 14.2. The van der Waals surface area contributed by atoms with Crippen LogP contribution in [0.25, 0.3) is 93.6 Å². The summed E-state index contributed by atoms with van der Waals surface area (Å²) in [5, 5.41) is 1.61. The van der Waals surface area contributed by atoms with Crippen molar-refractivity contribution in [3.8, 4) is 28.2 Å². The molecule has 72 heavy (non-hydrogen) atoms. The van der Waals surface area contributed by atoms with E-state index in [1.54, 1.807) is 9.13 Å². The minimum atomic E-state index is -0.126. The van der Waals surface area contributed by atoms with Gasteiger partial charge in [0.1, 0.15) is 165 Å². The van der Waals surface area contributed by atoms with Crippen molar-refractivity contribution in [2.24, 2.45) is 0 Å². The van der Waals surface area contributed by atoms with Gasteiger partial charge in [-0.05, 0) is 62.4 Å². The van der Waals surface area contributed by atoms with Crippen LogP contribution in [0.3, 0.4) is 0 Å². The van der Waals surface area contributed by atoms with E-state index in [-0.39, 0.29) is 153 Å². The predicted molar refractivity (Wildman–Crippen MR) is 328 cm³/mol. The molecule has 0 aliphatic rings. The molecule has 0 unspecified atom stereocenters. The van der Waals surface area contributed by atoms with Gasteiger partial charge in [0, 0.05) is 60.9 Å². The van der Waals surface area contributed by atoms with Crippen LogP contribution >= 0.6 is 0 Å². The zero-order valence-corrected chi connectivity index (χ0v) is 38.2. The number of rotatable bonds is 4. The van der Waals surface area contributed by atoms with Gasteiger partial charge in [-0.3, -0.25) is 0 Å². The van der Waals surface area contributed by atoms with Crippen molar-refractivity contribution in [1.29, 1.82) is 0 Å². The summed E-state index contributed by atoms with van der Waals surface area (Å²) in [6.07, 6.45) is 0. The Labute approximate surface area is 444 Å². The van der Waals surface area contributed by atoms with Crippen molar-refractivity contribution in [2.75, 3.05) is 0 Å². The summed E-state index contributed by atoms with van der Waals surface area (Å²) in [7, 11) is 146. The molecule has 0 aliphatic heterocycles. The summed E-state index contributed by atoms with van der Waals surface area (Å²) in [5.74, 6) is 0. The lowest BCUT2D eigenvalue weighted by Crippen LogP contribution is -2.48. The third kappa shape index (κ3) is 6.10. The maximum absolute atomic E-state index is 7.45. The normalized spacial score (nSPS) is 11.9. The molecule has 3 aromatic heterocycles.